The molecule has 1 unspecified atom stereocenters. The van der Waals surface area contributed by atoms with Gasteiger partial charge in [-0.1, -0.05) is 6.92 Å². The van der Waals surface area contributed by atoms with Crippen molar-refractivity contribution in [3.8, 4) is 0 Å². The summed E-state index contributed by atoms with van der Waals surface area (Å²) in [6, 6.07) is 3.13. The molecular weight excluding hydrogens is 234 g/mol. The van der Waals surface area contributed by atoms with Gasteiger partial charge in [-0.3, -0.25) is 10.2 Å². The van der Waals surface area contributed by atoms with Crippen LogP contribution in [-0.4, -0.2) is 11.2 Å². The molecule has 1 aromatic carbocycles. The zero-order chi connectivity index (χ0) is 12.1. The molecule has 0 aliphatic rings. The van der Waals surface area contributed by atoms with Crippen molar-refractivity contribution in [3.63, 3.8) is 0 Å². The van der Waals surface area contributed by atoms with Crippen molar-refractivity contribution in [1.82, 2.24) is 5.43 Å². The third-order valence-corrected chi connectivity index (χ3v) is 3.37. The fourth-order valence-electron chi connectivity index (χ4n) is 1.14. The van der Waals surface area contributed by atoms with E-state index in [4.69, 9.17) is 5.84 Å². The van der Waals surface area contributed by atoms with Crippen LogP contribution in [0, 0.1) is 11.6 Å². The molecule has 0 fully saturated rings. The summed E-state index contributed by atoms with van der Waals surface area (Å²) < 4.78 is 26.2. The lowest BCUT2D eigenvalue weighted by Crippen LogP contribution is -2.37. The van der Waals surface area contributed by atoms with Crippen LogP contribution in [0.5, 0.6) is 0 Å². The lowest BCUT2D eigenvalue weighted by atomic mass is 10.3. The molecule has 1 atom stereocenters. The third-order valence-electron chi connectivity index (χ3n) is 1.97. The molecule has 0 radical (unpaired) electrons. The Bertz CT molecular complexity index is 387. The van der Waals surface area contributed by atoms with Crippen LogP contribution in [-0.2, 0) is 4.79 Å². The number of benzene rings is 1. The smallest absolute Gasteiger partial charge is 0.247 e. The molecule has 1 aromatic rings. The van der Waals surface area contributed by atoms with E-state index in [0.717, 1.165) is 30.0 Å². The minimum absolute atomic E-state index is 0.107. The number of carbonyl (C=O) groups is 1. The van der Waals surface area contributed by atoms with E-state index in [9.17, 15) is 13.6 Å². The molecule has 0 heterocycles. The zero-order valence-corrected chi connectivity index (χ0v) is 9.48. The van der Waals surface area contributed by atoms with Crippen molar-refractivity contribution < 1.29 is 13.6 Å². The van der Waals surface area contributed by atoms with Crippen LogP contribution in [0.25, 0.3) is 0 Å². The second-order valence-corrected chi connectivity index (χ2v) is 4.34. The summed E-state index contributed by atoms with van der Waals surface area (Å²) >= 11 is 0.955. The Balaban J connectivity index is 2.85. The summed E-state index contributed by atoms with van der Waals surface area (Å²) in [5.41, 5.74) is 1.99. The highest BCUT2D eigenvalue weighted by atomic mass is 32.2. The van der Waals surface area contributed by atoms with Gasteiger partial charge in [-0.05, 0) is 24.6 Å². The number of halogens is 2. The molecule has 3 nitrogen and oxygen atoms in total. The number of amides is 1. The van der Waals surface area contributed by atoms with Gasteiger partial charge >= 0.3 is 0 Å². The molecule has 0 spiro atoms. The van der Waals surface area contributed by atoms with E-state index in [1.165, 1.54) is 0 Å². The standard InChI is InChI=1S/C10H12F2N2OS/c1-2-8(10(15)14-13)16-9-5-6(11)3-4-7(9)12/h3-5,8H,2,13H2,1H3,(H,14,15). The van der Waals surface area contributed by atoms with E-state index >= 15 is 0 Å². The van der Waals surface area contributed by atoms with Crippen molar-refractivity contribution in [1.29, 1.82) is 0 Å². The molecule has 1 amide bonds. The quantitative estimate of drug-likeness (QED) is 0.369. The third kappa shape index (κ3) is 3.18. The number of hydrogen-bond acceptors (Lipinski definition) is 3. The molecule has 0 aliphatic heterocycles. The molecule has 6 heteroatoms. The Morgan fingerprint density at radius 3 is 2.81 bits per heavy atom. The molecule has 0 aromatic heterocycles. The minimum atomic E-state index is -0.547. The Kier molecular flexibility index (Phi) is 4.70. The van der Waals surface area contributed by atoms with E-state index in [1.807, 2.05) is 5.43 Å². The second kappa shape index (κ2) is 5.81. The van der Waals surface area contributed by atoms with Crippen LogP contribution < -0.4 is 11.3 Å². The van der Waals surface area contributed by atoms with Crippen LogP contribution in [0.1, 0.15) is 13.3 Å². The van der Waals surface area contributed by atoms with E-state index in [1.54, 1.807) is 6.92 Å². The largest absolute Gasteiger partial charge is 0.293 e. The molecule has 0 bridgehead atoms. The van der Waals surface area contributed by atoms with Crippen molar-refractivity contribution in [2.45, 2.75) is 23.5 Å². The summed E-state index contributed by atoms with van der Waals surface area (Å²) in [5, 5.41) is -0.527. The van der Waals surface area contributed by atoms with Gasteiger partial charge in [0.15, 0.2) is 0 Å². The Morgan fingerprint density at radius 2 is 2.25 bits per heavy atom. The van der Waals surface area contributed by atoms with Gasteiger partial charge in [0.1, 0.15) is 11.6 Å². The summed E-state index contributed by atoms with van der Waals surface area (Å²) in [5.74, 6) is 3.50. The average molecular weight is 246 g/mol. The molecule has 0 aliphatic carbocycles. The maximum Gasteiger partial charge on any atom is 0.247 e. The fraction of sp³-hybridized carbons (Fsp3) is 0.300. The fourth-order valence-corrected chi connectivity index (χ4v) is 2.15. The van der Waals surface area contributed by atoms with Crippen LogP contribution in [0.2, 0.25) is 0 Å². The maximum atomic E-state index is 13.3. The summed E-state index contributed by atoms with van der Waals surface area (Å²) in [7, 11) is 0. The highest BCUT2D eigenvalue weighted by Gasteiger charge is 2.18. The van der Waals surface area contributed by atoms with E-state index < -0.39 is 22.8 Å². The summed E-state index contributed by atoms with van der Waals surface area (Å²) in [6.07, 6.45) is 0.476. The molecule has 0 saturated carbocycles. The van der Waals surface area contributed by atoms with Crippen LogP contribution >= 0.6 is 11.8 Å². The molecule has 0 saturated heterocycles. The Hall–Kier alpha value is -1.14. The van der Waals surface area contributed by atoms with E-state index in [-0.39, 0.29) is 4.90 Å². The molecule has 16 heavy (non-hydrogen) atoms. The van der Waals surface area contributed by atoms with Crippen molar-refractivity contribution >= 4 is 17.7 Å². The van der Waals surface area contributed by atoms with Crippen molar-refractivity contribution in [2.24, 2.45) is 5.84 Å². The van der Waals surface area contributed by atoms with Gasteiger partial charge in [-0.15, -0.1) is 11.8 Å². The molecule has 1 rings (SSSR count). The van der Waals surface area contributed by atoms with Gasteiger partial charge in [0.25, 0.3) is 0 Å². The van der Waals surface area contributed by atoms with E-state index in [0.29, 0.717) is 6.42 Å². The number of nitrogens with one attached hydrogen (secondary N) is 1. The predicted octanol–water partition coefficient (Wildman–Crippen LogP) is 1.83. The van der Waals surface area contributed by atoms with E-state index in [2.05, 4.69) is 0 Å². The zero-order valence-electron chi connectivity index (χ0n) is 8.67. The van der Waals surface area contributed by atoms with Crippen LogP contribution in [0.15, 0.2) is 23.1 Å². The number of thioether (sulfide) groups is 1. The monoisotopic (exact) mass is 246 g/mol. The molecule has 88 valence electrons. The van der Waals surface area contributed by atoms with Gasteiger partial charge in [0.05, 0.1) is 5.25 Å². The van der Waals surface area contributed by atoms with Crippen LogP contribution in [0.4, 0.5) is 8.78 Å². The van der Waals surface area contributed by atoms with Gasteiger partial charge in [-0.25, -0.2) is 14.6 Å². The SMILES string of the molecule is CCC(Sc1cc(F)ccc1F)C(=O)NN. The van der Waals surface area contributed by atoms with Gasteiger partial charge in [-0.2, -0.15) is 0 Å². The molecule has 3 N–H and O–H groups in total. The number of hydrogen-bond donors (Lipinski definition) is 2. The molecular formula is C10H12F2N2OS. The first kappa shape index (κ1) is 12.9. The average Bonchev–Trinajstić information content (AvgIpc) is 2.29. The predicted molar refractivity (Wildman–Crippen MR) is 58.6 cm³/mol. The number of hydrazine groups is 1. The summed E-state index contributed by atoms with van der Waals surface area (Å²) in [6.45, 7) is 1.77. The first-order valence-electron chi connectivity index (χ1n) is 4.70. The lowest BCUT2D eigenvalue weighted by molar-refractivity contribution is -0.120. The lowest BCUT2D eigenvalue weighted by Gasteiger charge is -2.12. The first-order chi connectivity index (χ1) is 7.58. The number of rotatable bonds is 4. The highest BCUT2D eigenvalue weighted by molar-refractivity contribution is 8.00. The number of carbonyl (C=O) groups excluding carboxylic acids is 1. The first-order valence-corrected chi connectivity index (χ1v) is 5.58. The number of nitrogens with two attached hydrogens (primary N) is 1. The highest BCUT2D eigenvalue weighted by Crippen LogP contribution is 2.28. The van der Waals surface area contributed by atoms with Gasteiger partial charge in [0.2, 0.25) is 5.91 Å². The summed E-state index contributed by atoms with van der Waals surface area (Å²) in [4.78, 5) is 11.4. The van der Waals surface area contributed by atoms with Gasteiger partial charge < -0.3 is 0 Å². The Labute approximate surface area is 96.4 Å². The minimum Gasteiger partial charge on any atom is -0.293 e. The maximum absolute atomic E-state index is 13.3. The van der Waals surface area contributed by atoms with Crippen molar-refractivity contribution in [2.75, 3.05) is 0 Å². The normalized spacial score (nSPS) is 12.2. The van der Waals surface area contributed by atoms with Crippen molar-refractivity contribution in [3.05, 3.63) is 29.8 Å². The van der Waals surface area contributed by atoms with Crippen LogP contribution in [0.3, 0.4) is 0 Å². The second-order valence-electron chi connectivity index (χ2n) is 3.10. The van der Waals surface area contributed by atoms with Gasteiger partial charge in [0, 0.05) is 4.90 Å². The topological polar surface area (TPSA) is 55.1 Å². The Morgan fingerprint density at radius 1 is 1.56 bits per heavy atom.